The predicted molar refractivity (Wildman–Crippen MR) is 71.7 cm³/mol. The van der Waals surface area contributed by atoms with E-state index in [1.54, 1.807) is 6.20 Å². The molecule has 0 saturated heterocycles. The van der Waals surface area contributed by atoms with Gasteiger partial charge in [0.05, 0.1) is 16.4 Å². The third-order valence-electron chi connectivity index (χ3n) is 2.22. The lowest BCUT2D eigenvalue weighted by molar-refractivity contribution is 0.811. The van der Waals surface area contributed by atoms with Crippen LogP contribution in [0.4, 0.5) is 0 Å². The molecule has 0 saturated carbocycles. The molecule has 5 heteroatoms. The van der Waals surface area contributed by atoms with Crippen molar-refractivity contribution in [2.75, 3.05) is 7.05 Å². The topological polar surface area (TPSA) is 29.9 Å². The van der Waals surface area contributed by atoms with E-state index in [1.807, 2.05) is 17.9 Å². The summed E-state index contributed by atoms with van der Waals surface area (Å²) in [6.45, 7) is 0.851. The summed E-state index contributed by atoms with van der Waals surface area (Å²) < 4.78 is 3.90. The van der Waals surface area contributed by atoms with E-state index in [0.29, 0.717) is 0 Å². The molecule has 2 rings (SSSR count). The fourth-order valence-electron chi connectivity index (χ4n) is 1.45. The van der Waals surface area contributed by atoms with Crippen molar-refractivity contribution >= 4 is 31.9 Å². The number of hydrogen-bond donors (Lipinski definition) is 1. The summed E-state index contributed by atoms with van der Waals surface area (Å²) in [6, 6.07) is 6.20. The zero-order valence-electron chi connectivity index (χ0n) is 8.74. The number of rotatable bonds is 3. The van der Waals surface area contributed by atoms with Gasteiger partial charge in [-0.3, -0.25) is 0 Å². The number of hydrogen-bond acceptors (Lipinski definition) is 2. The Bertz CT molecular complexity index is 494. The van der Waals surface area contributed by atoms with Gasteiger partial charge in [-0.15, -0.1) is 0 Å². The predicted octanol–water partition coefficient (Wildman–Crippen LogP) is 3.12. The average Bonchev–Trinajstić information content (AvgIpc) is 2.68. The maximum Gasteiger partial charge on any atom is 0.0657 e. The first-order chi connectivity index (χ1) is 7.70. The van der Waals surface area contributed by atoms with E-state index in [9.17, 15) is 0 Å². The van der Waals surface area contributed by atoms with E-state index in [4.69, 9.17) is 0 Å². The highest BCUT2D eigenvalue weighted by atomic mass is 79.9. The lowest BCUT2D eigenvalue weighted by Crippen LogP contribution is -2.06. The Kier molecular flexibility index (Phi) is 3.78. The molecule has 0 aliphatic rings. The van der Waals surface area contributed by atoms with Gasteiger partial charge in [0.1, 0.15) is 0 Å². The highest BCUT2D eigenvalue weighted by Crippen LogP contribution is 2.21. The Morgan fingerprint density at radius 1 is 1.38 bits per heavy atom. The van der Waals surface area contributed by atoms with Gasteiger partial charge in [0.15, 0.2) is 0 Å². The Balaban J connectivity index is 2.34. The zero-order valence-corrected chi connectivity index (χ0v) is 11.9. The number of halogens is 2. The minimum Gasteiger partial charge on any atom is -0.316 e. The number of benzene rings is 1. The van der Waals surface area contributed by atoms with E-state index < -0.39 is 0 Å². The highest BCUT2D eigenvalue weighted by Gasteiger charge is 2.03. The SMILES string of the molecule is CNCc1ccc(-n2cc(Br)cn2)cc1Br. The summed E-state index contributed by atoms with van der Waals surface area (Å²) in [5.74, 6) is 0. The lowest BCUT2D eigenvalue weighted by Gasteiger charge is -2.06. The van der Waals surface area contributed by atoms with Crippen LogP contribution in [0.1, 0.15) is 5.56 Å². The molecule has 0 atom stereocenters. The lowest BCUT2D eigenvalue weighted by atomic mass is 10.2. The van der Waals surface area contributed by atoms with Gasteiger partial charge >= 0.3 is 0 Å². The van der Waals surface area contributed by atoms with Gasteiger partial charge in [0.25, 0.3) is 0 Å². The Morgan fingerprint density at radius 3 is 2.75 bits per heavy atom. The summed E-state index contributed by atoms with van der Waals surface area (Å²) in [5, 5.41) is 7.36. The van der Waals surface area contributed by atoms with Gasteiger partial charge in [-0.05, 0) is 40.7 Å². The molecule has 1 N–H and O–H groups in total. The maximum atomic E-state index is 4.24. The first kappa shape index (κ1) is 11.8. The summed E-state index contributed by atoms with van der Waals surface area (Å²) >= 11 is 6.94. The number of aromatic nitrogens is 2. The molecular formula is C11H11Br2N3. The minimum atomic E-state index is 0.851. The van der Waals surface area contributed by atoms with Crippen LogP contribution >= 0.6 is 31.9 Å². The van der Waals surface area contributed by atoms with Gasteiger partial charge < -0.3 is 5.32 Å². The Labute approximate surface area is 111 Å². The summed E-state index contributed by atoms with van der Waals surface area (Å²) in [5.41, 5.74) is 2.27. The second-order valence-electron chi connectivity index (χ2n) is 3.41. The first-order valence-electron chi connectivity index (χ1n) is 4.84. The van der Waals surface area contributed by atoms with Crippen molar-refractivity contribution in [3.05, 3.63) is 45.1 Å². The smallest absolute Gasteiger partial charge is 0.0657 e. The quantitative estimate of drug-likeness (QED) is 0.927. The molecule has 0 amide bonds. The molecule has 0 spiro atoms. The molecule has 0 aliphatic heterocycles. The van der Waals surface area contributed by atoms with Crippen molar-refractivity contribution in [2.24, 2.45) is 0 Å². The fourth-order valence-corrected chi connectivity index (χ4v) is 2.25. The van der Waals surface area contributed by atoms with E-state index in [1.165, 1.54) is 5.56 Å². The molecule has 0 fully saturated rings. The third-order valence-corrected chi connectivity index (χ3v) is 3.37. The van der Waals surface area contributed by atoms with Gasteiger partial charge in [-0.2, -0.15) is 5.10 Å². The molecule has 84 valence electrons. The van der Waals surface area contributed by atoms with Gasteiger partial charge in [0.2, 0.25) is 0 Å². The summed E-state index contributed by atoms with van der Waals surface area (Å²) in [7, 11) is 1.94. The van der Waals surface area contributed by atoms with Crippen molar-refractivity contribution < 1.29 is 0 Å². The largest absolute Gasteiger partial charge is 0.316 e. The van der Waals surface area contributed by atoms with Crippen molar-refractivity contribution in [3.63, 3.8) is 0 Å². The standard InChI is InChI=1S/C11H11Br2N3/c1-14-5-8-2-3-10(4-11(8)13)16-7-9(12)6-15-16/h2-4,6-7,14H,5H2,1H3. The van der Waals surface area contributed by atoms with Crippen LogP contribution < -0.4 is 5.32 Å². The van der Waals surface area contributed by atoms with Crippen LogP contribution in [0.3, 0.4) is 0 Å². The van der Waals surface area contributed by atoms with E-state index in [-0.39, 0.29) is 0 Å². The van der Waals surface area contributed by atoms with Crippen molar-refractivity contribution in [1.29, 1.82) is 0 Å². The second-order valence-corrected chi connectivity index (χ2v) is 5.18. The van der Waals surface area contributed by atoms with E-state index >= 15 is 0 Å². The molecule has 0 radical (unpaired) electrons. The van der Waals surface area contributed by atoms with Crippen molar-refractivity contribution in [1.82, 2.24) is 15.1 Å². The maximum absolute atomic E-state index is 4.24. The molecule has 3 nitrogen and oxygen atoms in total. The van der Waals surface area contributed by atoms with Gasteiger partial charge in [0, 0.05) is 17.2 Å². The molecule has 1 aromatic carbocycles. The van der Waals surface area contributed by atoms with Crippen LogP contribution in [0.25, 0.3) is 5.69 Å². The third kappa shape index (κ3) is 2.53. The molecule has 0 unspecified atom stereocenters. The molecular weight excluding hydrogens is 334 g/mol. The average molecular weight is 345 g/mol. The van der Waals surface area contributed by atoms with Crippen LogP contribution in [-0.4, -0.2) is 16.8 Å². The normalized spacial score (nSPS) is 10.7. The fraction of sp³-hybridized carbons (Fsp3) is 0.182. The summed E-state index contributed by atoms with van der Waals surface area (Å²) in [6.07, 6.45) is 3.70. The van der Waals surface area contributed by atoms with Gasteiger partial charge in [-0.1, -0.05) is 22.0 Å². The van der Waals surface area contributed by atoms with E-state index in [0.717, 1.165) is 21.2 Å². The van der Waals surface area contributed by atoms with Crippen molar-refractivity contribution in [3.8, 4) is 5.69 Å². The second kappa shape index (κ2) is 5.12. The Morgan fingerprint density at radius 2 is 2.19 bits per heavy atom. The highest BCUT2D eigenvalue weighted by molar-refractivity contribution is 9.10. The molecule has 1 aromatic heterocycles. The van der Waals surface area contributed by atoms with E-state index in [2.05, 4.69) is 60.5 Å². The summed E-state index contributed by atoms with van der Waals surface area (Å²) in [4.78, 5) is 0. The number of nitrogens with one attached hydrogen (secondary N) is 1. The van der Waals surface area contributed by atoms with Crippen LogP contribution in [-0.2, 0) is 6.54 Å². The van der Waals surface area contributed by atoms with Crippen LogP contribution in [0.15, 0.2) is 39.5 Å². The van der Waals surface area contributed by atoms with Crippen LogP contribution in [0.2, 0.25) is 0 Å². The molecule has 0 bridgehead atoms. The Hall–Kier alpha value is -0.650. The molecule has 16 heavy (non-hydrogen) atoms. The van der Waals surface area contributed by atoms with Crippen molar-refractivity contribution in [2.45, 2.75) is 6.54 Å². The molecule has 2 aromatic rings. The van der Waals surface area contributed by atoms with Crippen LogP contribution in [0, 0.1) is 0 Å². The monoisotopic (exact) mass is 343 g/mol. The molecule has 1 heterocycles. The first-order valence-corrected chi connectivity index (χ1v) is 6.43. The van der Waals surface area contributed by atoms with Gasteiger partial charge in [-0.25, -0.2) is 4.68 Å². The zero-order chi connectivity index (χ0) is 11.5. The van der Waals surface area contributed by atoms with Crippen LogP contribution in [0.5, 0.6) is 0 Å². The number of nitrogens with zero attached hydrogens (tertiary/aromatic N) is 2. The minimum absolute atomic E-state index is 0.851. The molecule has 0 aliphatic carbocycles.